The first-order valence-corrected chi connectivity index (χ1v) is 8.02. The molecule has 1 N–H and O–H groups in total. The minimum atomic E-state index is 0.683. The van der Waals surface area contributed by atoms with Crippen molar-refractivity contribution in [3.05, 3.63) is 0 Å². The molecule has 0 aromatic rings. The third kappa shape index (κ3) is 3.31. The highest BCUT2D eigenvalue weighted by Crippen LogP contribution is 2.29. The molecule has 0 spiro atoms. The maximum atomic E-state index is 4.59. The van der Waals surface area contributed by atoms with Crippen LogP contribution in [0, 0.1) is 5.92 Å². The summed E-state index contributed by atoms with van der Waals surface area (Å²) in [5, 5.41) is 5.67. The van der Waals surface area contributed by atoms with Gasteiger partial charge in [0.1, 0.15) is 0 Å². The van der Waals surface area contributed by atoms with Crippen LogP contribution in [0.5, 0.6) is 0 Å². The van der Waals surface area contributed by atoms with Crippen molar-refractivity contribution >= 4 is 28.7 Å². The lowest BCUT2D eigenvalue weighted by molar-refractivity contribution is 0.622. The molecular formula is C11H20N2S2. The van der Waals surface area contributed by atoms with Crippen LogP contribution in [0.25, 0.3) is 0 Å². The number of rotatable bonds is 2. The number of aliphatic imine (C=N–C) groups is 1. The molecule has 4 heteroatoms. The van der Waals surface area contributed by atoms with Gasteiger partial charge < -0.3 is 5.32 Å². The molecule has 0 aromatic heterocycles. The lowest BCUT2D eigenvalue weighted by Gasteiger charge is -2.21. The molecule has 0 bridgehead atoms. The Hall–Kier alpha value is 0.170. The summed E-state index contributed by atoms with van der Waals surface area (Å²) in [6, 6.07) is 0.683. The van der Waals surface area contributed by atoms with Gasteiger partial charge in [0.15, 0.2) is 5.17 Å². The second-order valence-corrected chi connectivity index (χ2v) is 6.72. The quantitative estimate of drug-likeness (QED) is 0.808. The molecular weight excluding hydrogens is 224 g/mol. The van der Waals surface area contributed by atoms with Crippen LogP contribution in [-0.4, -0.2) is 35.0 Å². The Morgan fingerprint density at radius 1 is 1.47 bits per heavy atom. The van der Waals surface area contributed by atoms with Gasteiger partial charge in [0, 0.05) is 23.6 Å². The summed E-state index contributed by atoms with van der Waals surface area (Å²) in [6.07, 6.45) is 6.23. The monoisotopic (exact) mass is 244 g/mol. The zero-order valence-corrected chi connectivity index (χ0v) is 11.2. The average molecular weight is 244 g/mol. The minimum absolute atomic E-state index is 0.683. The third-order valence-corrected chi connectivity index (χ3v) is 5.45. The van der Waals surface area contributed by atoms with Crippen molar-refractivity contribution in [3.63, 3.8) is 0 Å². The molecule has 1 saturated carbocycles. The van der Waals surface area contributed by atoms with Crippen molar-refractivity contribution in [2.45, 2.75) is 37.5 Å². The fraction of sp³-hybridized carbons (Fsp3) is 0.909. The molecule has 86 valence electrons. The summed E-state index contributed by atoms with van der Waals surface area (Å²) < 4.78 is 0. The third-order valence-electron chi connectivity index (χ3n) is 3.10. The van der Waals surface area contributed by atoms with Crippen LogP contribution in [0.4, 0.5) is 0 Å². The topological polar surface area (TPSA) is 24.4 Å². The molecule has 1 heterocycles. The van der Waals surface area contributed by atoms with E-state index in [0.717, 1.165) is 17.7 Å². The molecule has 1 aliphatic heterocycles. The summed E-state index contributed by atoms with van der Waals surface area (Å²) in [7, 11) is 0. The predicted octanol–water partition coefficient (Wildman–Crippen LogP) is 2.60. The van der Waals surface area contributed by atoms with E-state index in [1.54, 1.807) is 0 Å². The van der Waals surface area contributed by atoms with Crippen LogP contribution in [0.1, 0.15) is 26.2 Å². The Balaban J connectivity index is 1.78. The van der Waals surface area contributed by atoms with E-state index in [-0.39, 0.29) is 0 Å². The Kier molecular flexibility index (Phi) is 4.26. The molecule has 2 nitrogen and oxygen atoms in total. The highest BCUT2D eigenvalue weighted by molar-refractivity contribution is 8.13. The molecule has 2 aliphatic rings. The summed E-state index contributed by atoms with van der Waals surface area (Å²) in [5.41, 5.74) is 0. The Bertz CT molecular complexity index is 243. The van der Waals surface area contributed by atoms with Gasteiger partial charge in [-0.25, -0.2) is 0 Å². The largest absolute Gasteiger partial charge is 0.362 e. The van der Waals surface area contributed by atoms with Gasteiger partial charge in [-0.2, -0.15) is 11.8 Å². The minimum Gasteiger partial charge on any atom is -0.362 e. The van der Waals surface area contributed by atoms with Gasteiger partial charge in [-0.3, -0.25) is 4.99 Å². The van der Waals surface area contributed by atoms with Crippen LogP contribution in [0.15, 0.2) is 4.99 Å². The van der Waals surface area contributed by atoms with Gasteiger partial charge in [-0.1, -0.05) is 18.7 Å². The standard InChI is InChI=1S/C11H20N2S2/c1-8-6-12-11(15-7-8)13-9-3-4-10(5-9)14-2/h8-10H,3-7H2,1-2H3,(H,12,13). The van der Waals surface area contributed by atoms with Crippen molar-refractivity contribution in [1.29, 1.82) is 0 Å². The van der Waals surface area contributed by atoms with Gasteiger partial charge in [-0.15, -0.1) is 0 Å². The molecule has 0 radical (unpaired) electrons. The normalized spacial score (nSPS) is 36.4. The van der Waals surface area contributed by atoms with Crippen LogP contribution in [0.3, 0.4) is 0 Å². The fourth-order valence-electron chi connectivity index (χ4n) is 2.11. The van der Waals surface area contributed by atoms with Crippen molar-refractivity contribution < 1.29 is 0 Å². The highest BCUT2D eigenvalue weighted by atomic mass is 32.2. The number of hydrogen-bond donors (Lipinski definition) is 1. The van der Waals surface area contributed by atoms with Crippen molar-refractivity contribution in [2.24, 2.45) is 10.9 Å². The molecule has 1 fully saturated rings. The van der Waals surface area contributed by atoms with Crippen LogP contribution in [0.2, 0.25) is 0 Å². The first-order chi connectivity index (χ1) is 7.28. The number of nitrogens with one attached hydrogen (secondary N) is 1. The Morgan fingerprint density at radius 2 is 2.33 bits per heavy atom. The van der Waals surface area contributed by atoms with Crippen LogP contribution < -0.4 is 5.32 Å². The fourth-order valence-corrected chi connectivity index (χ4v) is 3.87. The van der Waals surface area contributed by atoms with E-state index in [1.165, 1.54) is 30.2 Å². The highest BCUT2D eigenvalue weighted by Gasteiger charge is 2.25. The number of amidine groups is 1. The Labute approximate surface area is 101 Å². The molecule has 0 amide bonds. The van der Waals surface area contributed by atoms with E-state index in [1.807, 2.05) is 23.5 Å². The summed E-state index contributed by atoms with van der Waals surface area (Å²) >= 11 is 3.91. The van der Waals surface area contributed by atoms with Crippen LogP contribution in [-0.2, 0) is 0 Å². The second-order valence-electron chi connectivity index (χ2n) is 4.57. The second kappa shape index (κ2) is 5.48. The SMILES string of the molecule is CSC1CCC(NC2=NCC(C)CS2)C1. The van der Waals surface area contributed by atoms with E-state index in [0.29, 0.717) is 6.04 Å². The molecule has 0 aromatic carbocycles. The van der Waals surface area contributed by atoms with Crippen molar-refractivity contribution in [3.8, 4) is 0 Å². The summed E-state index contributed by atoms with van der Waals surface area (Å²) in [6.45, 7) is 3.28. The molecule has 3 unspecified atom stereocenters. The van der Waals surface area contributed by atoms with Crippen molar-refractivity contribution in [2.75, 3.05) is 18.6 Å². The molecule has 2 rings (SSSR count). The first-order valence-electron chi connectivity index (χ1n) is 5.74. The van der Waals surface area contributed by atoms with E-state index in [9.17, 15) is 0 Å². The maximum Gasteiger partial charge on any atom is 0.156 e. The van der Waals surface area contributed by atoms with Crippen LogP contribution >= 0.6 is 23.5 Å². The predicted molar refractivity (Wildman–Crippen MR) is 72.0 cm³/mol. The molecule has 1 aliphatic carbocycles. The van der Waals surface area contributed by atoms with E-state index in [4.69, 9.17) is 0 Å². The Morgan fingerprint density at radius 3 is 2.93 bits per heavy atom. The first kappa shape index (κ1) is 11.6. The zero-order valence-electron chi connectivity index (χ0n) is 9.53. The van der Waals surface area contributed by atoms with Gasteiger partial charge in [0.25, 0.3) is 0 Å². The maximum absolute atomic E-state index is 4.59. The number of nitrogens with zero attached hydrogens (tertiary/aromatic N) is 1. The molecule has 3 atom stereocenters. The van der Waals surface area contributed by atoms with Gasteiger partial charge in [0.05, 0.1) is 0 Å². The van der Waals surface area contributed by atoms with Crippen molar-refractivity contribution in [1.82, 2.24) is 5.32 Å². The number of thioether (sulfide) groups is 2. The van der Waals surface area contributed by atoms with E-state index in [2.05, 4.69) is 23.5 Å². The lowest BCUT2D eigenvalue weighted by atomic mass is 10.2. The number of hydrogen-bond acceptors (Lipinski definition) is 4. The lowest BCUT2D eigenvalue weighted by Crippen LogP contribution is -2.34. The summed E-state index contributed by atoms with van der Waals surface area (Å²) in [5.74, 6) is 1.98. The van der Waals surface area contributed by atoms with Gasteiger partial charge >= 0.3 is 0 Å². The van der Waals surface area contributed by atoms with E-state index >= 15 is 0 Å². The summed E-state index contributed by atoms with van der Waals surface area (Å²) in [4.78, 5) is 4.59. The molecule has 15 heavy (non-hydrogen) atoms. The van der Waals surface area contributed by atoms with Gasteiger partial charge in [-0.05, 0) is 31.4 Å². The average Bonchev–Trinajstić information content (AvgIpc) is 2.69. The van der Waals surface area contributed by atoms with E-state index < -0.39 is 0 Å². The molecule has 0 saturated heterocycles. The van der Waals surface area contributed by atoms with Gasteiger partial charge in [0.2, 0.25) is 0 Å². The smallest absolute Gasteiger partial charge is 0.156 e. The zero-order chi connectivity index (χ0) is 10.7.